The van der Waals surface area contributed by atoms with Crippen LogP contribution in [0.4, 0.5) is 0 Å². The lowest BCUT2D eigenvalue weighted by molar-refractivity contribution is 0.0774. The molecule has 1 fully saturated rings. The Hall–Kier alpha value is -1.01. The molecule has 1 aromatic heterocycles. The average Bonchev–Trinajstić information content (AvgIpc) is 2.94. The maximum Gasteiger partial charge on any atom is 0.270 e. The number of carbonyl (C=O) groups is 1. The summed E-state index contributed by atoms with van der Waals surface area (Å²) in [6.45, 7) is 8.23. The number of aryl methyl sites for hydroxylation is 1. The lowest BCUT2D eigenvalue weighted by Gasteiger charge is -2.17. The molecule has 21 heavy (non-hydrogen) atoms. The SMILES string of the molecule is CCCn1cc(S(=O)(=O)Cl)cc1C(=O)N1CC(C)C(C)C1. The van der Waals surface area contributed by atoms with Crippen molar-refractivity contribution in [3.8, 4) is 0 Å². The van der Waals surface area contributed by atoms with Crippen LogP contribution in [0, 0.1) is 11.8 Å². The second kappa shape index (κ2) is 6.01. The largest absolute Gasteiger partial charge is 0.342 e. The van der Waals surface area contributed by atoms with Gasteiger partial charge in [-0.25, -0.2) is 8.42 Å². The van der Waals surface area contributed by atoms with E-state index < -0.39 is 9.05 Å². The number of amides is 1. The second-order valence-electron chi connectivity index (χ2n) is 5.86. The molecule has 2 atom stereocenters. The zero-order valence-electron chi connectivity index (χ0n) is 12.5. The number of halogens is 1. The number of nitrogens with zero attached hydrogens (tertiary/aromatic N) is 2. The summed E-state index contributed by atoms with van der Waals surface area (Å²) in [5.41, 5.74) is 0.400. The third-order valence-electron chi connectivity index (χ3n) is 4.11. The zero-order valence-corrected chi connectivity index (χ0v) is 14.1. The third kappa shape index (κ3) is 3.43. The van der Waals surface area contributed by atoms with E-state index >= 15 is 0 Å². The Morgan fingerprint density at radius 2 is 1.90 bits per heavy atom. The van der Waals surface area contributed by atoms with Gasteiger partial charge in [-0.2, -0.15) is 0 Å². The minimum absolute atomic E-state index is 0.0127. The highest BCUT2D eigenvalue weighted by Crippen LogP contribution is 2.26. The Kier molecular flexibility index (Phi) is 4.68. The Bertz CT molecular complexity index is 629. The highest BCUT2D eigenvalue weighted by molar-refractivity contribution is 8.13. The van der Waals surface area contributed by atoms with Gasteiger partial charge in [-0.3, -0.25) is 4.79 Å². The average molecular weight is 333 g/mol. The third-order valence-corrected chi connectivity index (χ3v) is 5.43. The van der Waals surface area contributed by atoms with Crippen LogP contribution in [0.25, 0.3) is 0 Å². The molecule has 1 amide bonds. The lowest BCUT2D eigenvalue weighted by Crippen LogP contribution is -2.30. The molecule has 5 nitrogen and oxygen atoms in total. The van der Waals surface area contributed by atoms with Crippen molar-refractivity contribution in [3.63, 3.8) is 0 Å². The molecule has 0 saturated carbocycles. The van der Waals surface area contributed by atoms with Crippen LogP contribution < -0.4 is 0 Å². The summed E-state index contributed by atoms with van der Waals surface area (Å²) in [6, 6.07) is 1.38. The van der Waals surface area contributed by atoms with Gasteiger partial charge >= 0.3 is 0 Å². The fourth-order valence-electron chi connectivity index (χ4n) is 2.68. The number of carbonyl (C=O) groups excluding carboxylic acids is 1. The zero-order chi connectivity index (χ0) is 15.8. The summed E-state index contributed by atoms with van der Waals surface area (Å²) >= 11 is 0. The minimum Gasteiger partial charge on any atom is -0.342 e. The van der Waals surface area contributed by atoms with Crippen LogP contribution in [0.3, 0.4) is 0 Å². The van der Waals surface area contributed by atoms with Crippen LogP contribution in [0.1, 0.15) is 37.7 Å². The van der Waals surface area contributed by atoms with Gasteiger partial charge in [0.15, 0.2) is 0 Å². The molecule has 0 aromatic carbocycles. The van der Waals surface area contributed by atoms with Crippen LogP contribution in [0.2, 0.25) is 0 Å². The number of hydrogen-bond donors (Lipinski definition) is 0. The Morgan fingerprint density at radius 1 is 1.33 bits per heavy atom. The van der Waals surface area contributed by atoms with Gasteiger partial charge in [0.2, 0.25) is 0 Å². The Labute approximate surface area is 130 Å². The molecule has 0 bridgehead atoms. The van der Waals surface area contributed by atoms with E-state index in [1.807, 2.05) is 6.92 Å². The second-order valence-corrected chi connectivity index (χ2v) is 8.42. The predicted octanol–water partition coefficient (Wildman–Crippen LogP) is 2.55. The van der Waals surface area contributed by atoms with E-state index in [1.54, 1.807) is 9.47 Å². The van der Waals surface area contributed by atoms with Crippen molar-refractivity contribution >= 4 is 25.6 Å². The monoisotopic (exact) mass is 332 g/mol. The topological polar surface area (TPSA) is 59.4 Å². The summed E-state index contributed by atoms with van der Waals surface area (Å²) < 4.78 is 24.6. The van der Waals surface area contributed by atoms with Crippen molar-refractivity contribution in [3.05, 3.63) is 18.0 Å². The summed E-state index contributed by atoms with van der Waals surface area (Å²) in [6.07, 6.45) is 2.26. The molecule has 2 unspecified atom stereocenters. The summed E-state index contributed by atoms with van der Waals surface area (Å²) in [5, 5.41) is 0. The summed E-state index contributed by atoms with van der Waals surface area (Å²) in [7, 11) is 1.57. The van der Waals surface area contributed by atoms with Crippen LogP contribution in [0.5, 0.6) is 0 Å². The van der Waals surface area contributed by atoms with Crippen molar-refractivity contribution in [2.45, 2.75) is 38.6 Å². The van der Waals surface area contributed by atoms with Gasteiger partial charge in [0.05, 0.1) is 0 Å². The number of rotatable bonds is 4. The van der Waals surface area contributed by atoms with Crippen molar-refractivity contribution in [1.29, 1.82) is 0 Å². The van der Waals surface area contributed by atoms with Crippen molar-refractivity contribution in [1.82, 2.24) is 9.47 Å². The highest BCUT2D eigenvalue weighted by Gasteiger charge is 2.32. The van der Waals surface area contributed by atoms with Crippen molar-refractivity contribution in [2.75, 3.05) is 13.1 Å². The Balaban J connectivity index is 2.34. The van der Waals surface area contributed by atoms with Gasteiger partial charge in [-0.15, -0.1) is 0 Å². The molecular weight excluding hydrogens is 312 g/mol. The molecule has 0 radical (unpaired) electrons. The quantitative estimate of drug-likeness (QED) is 0.796. The number of hydrogen-bond acceptors (Lipinski definition) is 3. The highest BCUT2D eigenvalue weighted by atomic mass is 35.7. The van der Waals surface area contributed by atoms with E-state index in [-0.39, 0.29) is 10.8 Å². The standard InChI is InChI=1S/C14H21ClN2O3S/c1-4-5-16-9-12(21(15,19)20)6-13(16)14(18)17-7-10(2)11(3)8-17/h6,9-11H,4-5,7-8H2,1-3H3. The normalized spacial score (nSPS) is 22.8. The van der Waals surface area contributed by atoms with Gasteiger partial charge in [-0.05, 0) is 24.3 Å². The van der Waals surface area contributed by atoms with E-state index in [2.05, 4.69) is 13.8 Å². The van der Waals surface area contributed by atoms with Crippen LogP contribution in [0.15, 0.2) is 17.2 Å². The van der Waals surface area contributed by atoms with E-state index in [0.717, 1.165) is 6.42 Å². The molecule has 0 N–H and O–H groups in total. The van der Waals surface area contributed by atoms with E-state index in [4.69, 9.17) is 10.7 Å². The maximum atomic E-state index is 12.6. The first kappa shape index (κ1) is 16.4. The molecule has 0 spiro atoms. The molecule has 118 valence electrons. The fraction of sp³-hybridized carbons (Fsp3) is 0.643. The molecule has 0 aliphatic carbocycles. The van der Waals surface area contributed by atoms with Gasteiger partial charge < -0.3 is 9.47 Å². The molecule has 1 aliphatic heterocycles. The summed E-state index contributed by atoms with van der Waals surface area (Å²) in [5.74, 6) is 0.797. The van der Waals surface area contributed by atoms with Crippen molar-refractivity contribution < 1.29 is 13.2 Å². The van der Waals surface area contributed by atoms with Crippen LogP contribution >= 0.6 is 10.7 Å². The molecule has 2 rings (SSSR count). The molecule has 1 aromatic rings. The molecule has 7 heteroatoms. The lowest BCUT2D eigenvalue weighted by atomic mass is 10.0. The van der Waals surface area contributed by atoms with Gasteiger partial charge in [0.1, 0.15) is 10.6 Å². The van der Waals surface area contributed by atoms with Crippen LogP contribution in [-0.4, -0.2) is 36.9 Å². The first-order valence-electron chi connectivity index (χ1n) is 7.18. The number of likely N-dealkylation sites (tertiary alicyclic amines) is 1. The number of aromatic nitrogens is 1. The first-order chi connectivity index (χ1) is 9.74. The smallest absolute Gasteiger partial charge is 0.270 e. The van der Waals surface area contributed by atoms with Crippen molar-refractivity contribution in [2.24, 2.45) is 11.8 Å². The summed E-state index contributed by atoms with van der Waals surface area (Å²) in [4.78, 5) is 14.4. The molecule has 1 saturated heterocycles. The Morgan fingerprint density at radius 3 is 2.38 bits per heavy atom. The predicted molar refractivity (Wildman–Crippen MR) is 82.0 cm³/mol. The van der Waals surface area contributed by atoms with E-state index in [1.165, 1.54) is 12.3 Å². The van der Waals surface area contributed by atoms with E-state index in [9.17, 15) is 13.2 Å². The fourth-order valence-corrected chi connectivity index (χ4v) is 3.44. The molecule has 1 aliphatic rings. The van der Waals surface area contributed by atoms with Gasteiger partial charge in [0, 0.05) is 36.5 Å². The maximum absolute atomic E-state index is 12.6. The molecule has 2 heterocycles. The molecular formula is C14H21ClN2O3S. The van der Waals surface area contributed by atoms with E-state index in [0.29, 0.717) is 37.2 Å². The van der Waals surface area contributed by atoms with Gasteiger partial charge in [-0.1, -0.05) is 20.8 Å². The van der Waals surface area contributed by atoms with Gasteiger partial charge in [0.25, 0.3) is 15.0 Å². The minimum atomic E-state index is -3.82. The van der Waals surface area contributed by atoms with Crippen LogP contribution in [-0.2, 0) is 15.6 Å². The first-order valence-corrected chi connectivity index (χ1v) is 9.49.